The van der Waals surface area contributed by atoms with Crippen LogP contribution in [0.4, 0.5) is 0 Å². The van der Waals surface area contributed by atoms with Gasteiger partial charge in [-0.3, -0.25) is 0 Å². The second-order valence-corrected chi connectivity index (χ2v) is 3.79. The van der Waals surface area contributed by atoms with Gasteiger partial charge in [0.15, 0.2) is 6.04 Å². The zero-order valence-corrected chi connectivity index (χ0v) is 8.83. The first kappa shape index (κ1) is 11.5. The Kier molecular flexibility index (Phi) is 4.90. The molecule has 1 saturated heterocycles. The Morgan fingerprint density at radius 1 is 1.57 bits per heavy atom. The van der Waals surface area contributed by atoms with E-state index < -0.39 is 0 Å². The fourth-order valence-corrected chi connectivity index (χ4v) is 1.30. The standard InChI is InChI=1S/C10H19NO3/c1-2-3-4-5-9(11)10(12)14-8-6-13-7-8/h8-9H,2-7,11H2,1H3/p+1. The molecule has 0 radical (unpaired) electrons. The predicted octanol–water partition coefficient (Wildman–Crippen LogP) is 0.119. The molecule has 1 fully saturated rings. The molecule has 14 heavy (non-hydrogen) atoms. The first-order valence-corrected chi connectivity index (χ1v) is 5.35. The third-order valence-electron chi connectivity index (χ3n) is 2.38. The van der Waals surface area contributed by atoms with Gasteiger partial charge in [-0.25, -0.2) is 4.79 Å². The Hall–Kier alpha value is -0.610. The Morgan fingerprint density at radius 2 is 2.29 bits per heavy atom. The zero-order valence-electron chi connectivity index (χ0n) is 8.83. The summed E-state index contributed by atoms with van der Waals surface area (Å²) < 4.78 is 10.1. The zero-order chi connectivity index (χ0) is 10.4. The molecule has 1 heterocycles. The average Bonchev–Trinajstić information content (AvgIpc) is 2.11. The lowest BCUT2D eigenvalue weighted by atomic mass is 10.1. The number of quaternary nitrogens is 1. The van der Waals surface area contributed by atoms with Crippen molar-refractivity contribution in [1.82, 2.24) is 0 Å². The van der Waals surface area contributed by atoms with Crippen LogP contribution in [-0.2, 0) is 14.3 Å². The van der Waals surface area contributed by atoms with Crippen LogP contribution in [0.5, 0.6) is 0 Å². The van der Waals surface area contributed by atoms with Crippen molar-refractivity contribution in [2.75, 3.05) is 13.2 Å². The monoisotopic (exact) mass is 202 g/mol. The van der Waals surface area contributed by atoms with E-state index in [0.29, 0.717) is 13.2 Å². The third kappa shape index (κ3) is 3.64. The molecular weight excluding hydrogens is 182 g/mol. The molecule has 4 heteroatoms. The maximum atomic E-state index is 11.4. The molecule has 0 amide bonds. The van der Waals surface area contributed by atoms with Gasteiger partial charge >= 0.3 is 5.97 Å². The molecule has 0 bridgehead atoms. The number of hydrogen-bond acceptors (Lipinski definition) is 3. The van der Waals surface area contributed by atoms with E-state index in [-0.39, 0.29) is 18.1 Å². The summed E-state index contributed by atoms with van der Waals surface area (Å²) in [5, 5.41) is 0. The Morgan fingerprint density at radius 3 is 2.79 bits per heavy atom. The van der Waals surface area contributed by atoms with Crippen LogP contribution >= 0.6 is 0 Å². The third-order valence-corrected chi connectivity index (χ3v) is 2.38. The highest BCUT2D eigenvalue weighted by Crippen LogP contribution is 2.08. The van der Waals surface area contributed by atoms with Crippen molar-refractivity contribution in [3.8, 4) is 0 Å². The van der Waals surface area contributed by atoms with Crippen molar-refractivity contribution in [3.63, 3.8) is 0 Å². The van der Waals surface area contributed by atoms with Gasteiger partial charge in [0.25, 0.3) is 0 Å². The minimum absolute atomic E-state index is 0.0158. The number of esters is 1. The van der Waals surface area contributed by atoms with Crippen LogP contribution < -0.4 is 5.73 Å². The van der Waals surface area contributed by atoms with Gasteiger partial charge in [0.1, 0.15) is 6.10 Å². The Balaban J connectivity index is 2.08. The number of carbonyl (C=O) groups excluding carboxylic acids is 1. The SMILES string of the molecule is CCCCCC([NH3+])C(=O)OC1COC1. The molecule has 0 aromatic heterocycles. The van der Waals surface area contributed by atoms with Gasteiger partial charge in [0.05, 0.1) is 13.2 Å². The fourth-order valence-electron chi connectivity index (χ4n) is 1.30. The highest BCUT2D eigenvalue weighted by Gasteiger charge is 2.27. The van der Waals surface area contributed by atoms with Gasteiger partial charge in [0.2, 0.25) is 0 Å². The van der Waals surface area contributed by atoms with E-state index in [1.807, 2.05) is 0 Å². The van der Waals surface area contributed by atoms with E-state index in [9.17, 15) is 4.79 Å². The van der Waals surface area contributed by atoms with Crippen LogP contribution in [0, 0.1) is 0 Å². The van der Waals surface area contributed by atoms with Crippen LogP contribution in [0.3, 0.4) is 0 Å². The first-order chi connectivity index (χ1) is 6.74. The topological polar surface area (TPSA) is 63.2 Å². The van der Waals surface area contributed by atoms with Crippen molar-refractivity contribution in [1.29, 1.82) is 0 Å². The molecule has 1 aliphatic rings. The summed E-state index contributed by atoms with van der Waals surface area (Å²) in [7, 11) is 0. The van der Waals surface area contributed by atoms with Crippen LogP contribution in [0.2, 0.25) is 0 Å². The molecule has 0 aromatic rings. The molecule has 0 aliphatic carbocycles. The van der Waals surface area contributed by atoms with Crippen LogP contribution in [0.1, 0.15) is 32.6 Å². The lowest BCUT2D eigenvalue weighted by molar-refractivity contribution is -0.411. The minimum Gasteiger partial charge on any atom is -0.453 e. The van der Waals surface area contributed by atoms with Crippen LogP contribution in [-0.4, -0.2) is 31.3 Å². The fraction of sp³-hybridized carbons (Fsp3) is 0.900. The van der Waals surface area contributed by atoms with E-state index in [4.69, 9.17) is 9.47 Å². The number of rotatable bonds is 6. The highest BCUT2D eigenvalue weighted by molar-refractivity contribution is 5.74. The molecule has 3 N–H and O–H groups in total. The quantitative estimate of drug-likeness (QED) is 0.491. The minimum atomic E-state index is -0.206. The first-order valence-electron chi connectivity index (χ1n) is 5.35. The molecule has 0 aromatic carbocycles. The molecule has 1 atom stereocenters. The summed E-state index contributed by atoms with van der Waals surface area (Å²) in [6.45, 7) is 3.24. The van der Waals surface area contributed by atoms with Gasteiger partial charge in [0, 0.05) is 6.42 Å². The molecule has 1 rings (SSSR count). The molecular formula is C10H20NO3+. The highest BCUT2D eigenvalue weighted by atomic mass is 16.6. The van der Waals surface area contributed by atoms with Crippen LogP contribution in [0.25, 0.3) is 0 Å². The van der Waals surface area contributed by atoms with Crippen LogP contribution in [0.15, 0.2) is 0 Å². The predicted molar refractivity (Wildman–Crippen MR) is 51.5 cm³/mol. The van der Waals surface area contributed by atoms with E-state index in [1.165, 1.54) is 0 Å². The number of ether oxygens (including phenoxy) is 2. The summed E-state index contributed by atoms with van der Waals surface area (Å²) in [5.74, 6) is -0.172. The summed E-state index contributed by atoms with van der Waals surface area (Å²) >= 11 is 0. The van der Waals surface area contributed by atoms with Crippen molar-refractivity contribution in [2.24, 2.45) is 0 Å². The smallest absolute Gasteiger partial charge is 0.365 e. The van der Waals surface area contributed by atoms with Crippen molar-refractivity contribution < 1.29 is 20.0 Å². The van der Waals surface area contributed by atoms with Crippen molar-refractivity contribution in [3.05, 3.63) is 0 Å². The van der Waals surface area contributed by atoms with Gasteiger partial charge in [-0.15, -0.1) is 0 Å². The second-order valence-electron chi connectivity index (χ2n) is 3.79. The molecule has 1 unspecified atom stereocenters. The normalized spacial score (nSPS) is 18.7. The maximum Gasteiger partial charge on any atom is 0.365 e. The van der Waals surface area contributed by atoms with Gasteiger partial charge < -0.3 is 15.2 Å². The molecule has 0 spiro atoms. The van der Waals surface area contributed by atoms with Crippen molar-refractivity contribution in [2.45, 2.75) is 44.8 Å². The van der Waals surface area contributed by atoms with Gasteiger partial charge in [-0.1, -0.05) is 19.8 Å². The van der Waals surface area contributed by atoms with E-state index in [2.05, 4.69) is 12.7 Å². The summed E-state index contributed by atoms with van der Waals surface area (Å²) in [6.07, 6.45) is 4.20. The number of carbonyl (C=O) groups is 1. The van der Waals surface area contributed by atoms with Crippen molar-refractivity contribution >= 4 is 5.97 Å². The summed E-state index contributed by atoms with van der Waals surface area (Å²) in [6, 6.07) is -0.206. The van der Waals surface area contributed by atoms with E-state index in [0.717, 1.165) is 25.7 Å². The molecule has 4 nitrogen and oxygen atoms in total. The van der Waals surface area contributed by atoms with E-state index >= 15 is 0 Å². The van der Waals surface area contributed by atoms with E-state index in [1.54, 1.807) is 0 Å². The number of unbranched alkanes of at least 4 members (excludes halogenated alkanes) is 2. The summed E-state index contributed by atoms with van der Waals surface area (Å²) in [5.41, 5.74) is 3.81. The van der Waals surface area contributed by atoms with Gasteiger partial charge in [-0.2, -0.15) is 0 Å². The second kappa shape index (κ2) is 5.98. The Labute approximate surface area is 84.7 Å². The largest absolute Gasteiger partial charge is 0.453 e. The maximum absolute atomic E-state index is 11.4. The molecule has 0 saturated carbocycles. The Bertz CT molecular complexity index is 180. The molecule has 82 valence electrons. The lowest BCUT2D eigenvalue weighted by Gasteiger charge is -2.26. The molecule has 1 aliphatic heterocycles. The average molecular weight is 202 g/mol. The number of hydrogen-bond donors (Lipinski definition) is 1. The summed E-state index contributed by atoms with van der Waals surface area (Å²) in [4.78, 5) is 11.4. The lowest BCUT2D eigenvalue weighted by Crippen LogP contribution is -2.66. The van der Waals surface area contributed by atoms with Gasteiger partial charge in [-0.05, 0) is 6.42 Å².